The molecule has 0 saturated carbocycles. The SMILES string of the molecule is CCOCCOCCOc1cccc2ccc(C3C(=O)c4cccc(OCC)c4C3=O)nc12. The highest BCUT2D eigenvalue weighted by molar-refractivity contribution is 6.30. The second kappa shape index (κ2) is 10.6. The molecule has 0 bridgehead atoms. The van der Waals surface area contributed by atoms with Crippen LogP contribution >= 0.6 is 0 Å². The lowest BCUT2D eigenvalue weighted by atomic mass is 9.98. The lowest BCUT2D eigenvalue weighted by molar-refractivity contribution is 0.0406. The van der Waals surface area contributed by atoms with Crippen molar-refractivity contribution in [3.63, 3.8) is 0 Å². The van der Waals surface area contributed by atoms with Crippen LogP contribution in [0.4, 0.5) is 0 Å². The van der Waals surface area contributed by atoms with Gasteiger partial charge in [0.2, 0.25) is 0 Å². The van der Waals surface area contributed by atoms with E-state index in [1.165, 1.54) is 0 Å². The molecule has 0 saturated heterocycles. The van der Waals surface area contributed by atoms with Gasteiger partial charge >= 0.3 is 0 Å². The van der Waals surface area contributed by atoms with Gasteiger partial charge in [-0.05, 0) is 32.0 Å². The van der Waals surface area contributed by atoms with Crippen LogP contribution < -0.4 is 9.47 Å². The molecule has 33 heavy (non-hydrogen) atoms. The van der Waals surface area contributed by atoms with Crippen LogP contribution in [-0.4, -0.2) is 56.2 Å². The van der Waals surface area contributed by atoms with Crippen LogP contribution in [0, 0.1) is 0 Å². The molecule has 7 heteroatoms. The van der Waals surface area contributed by atoms with Gasteiger partial charge in [0.05, 0.1) is 37.7 Å². The summed E-state index contributed by atoms with van der Waals surface area (Å²) < 4.78 is 22.2. The number of Topliss-reactive ketones (excluding diaryl/α,β-unsaturated/α-hetero) is 2. The van der Waals surface area contributed by atoms with Crippen LogP contribution in [0.2, 0.25) is 0 Å². The predicted molar refractivity (Wildman–Crippen MR) is 124 cm³/mol. The van der Waals surface area contributed by atoms with E-state index in [4.69, 9.17) is 18.9 Å². The number of aromatic nitrogens is 1. The number of benzene rings is 2. The van der Waals surface area contributed by atoms with Gasteiger partial charge < -0.3 is 18.9 Å². The molecule has 4 rings (SSSR count). The van der Waals surface area contributed by atoms with Crippen molar-refractivity contribution in [1.29, 1.82) is 0 Å². The van der Waals surface area contributed by atoms with E-state index in [1.54, 1.807) is 24.3 Å². The maximum absolute atomic E-state index is 13.2. The van der Waals surface area contributed by atoms with Gasteiger partial charge in [-0.3, -0.25) is 9.59 Å². The summed E-state index contributed by atoms with van der Waals surface area (Å²) in [6.07, 6.45) is 0. The summed E-state index contributed by atoms with van der Waals surface area (Å²) in [5, 5.41) is 0.860. The fraction of sp³-hybridized carbons (Fsp3) is 0.346. The van der Waals surface area contributed by atoms with Crippen molar-refractivity contribution in [2.75, 3.05) is 39.6 Å². The number of carbonyl (C=O) groups is 2. The Morgan fingerprint density at radius 2 is 1.52 bits per heavy atom. The number of ether oxygens (including phenoxy) is 4. The first-order valence-corrected chi connectivity index (χ1v) is 11.2. The fourth-order valence-electron chi connectivity index (χ4n) is 3.94. The average molecular weight is 450 g/mol. The summed E-state index contributed by atoms with van der Waals surface area (Å²) in [5.41, 5.74) is 1.72. The van der Waals surface area contributed by atoms with E-state index in [9.17, 15) is 9.59 Å². The maximum Gasteiger partial charge on any atom is 0.184 e. The Hall–Kier alpha value is -3.29. The van der Waals surface area contributed by atoms with Gasteiger partial charge in [-0.1, -0.05) is 30.3 Å². The lowest BCUT2D eigenvalue weighted by Crippen LogP contribution is -2.15. The lowest BCUT2D eigenvalue weighted by Gasteiger charge is -2.12. The van der Waals surface area contributed by atoms with Gasteiger partial charge in [-0.15, -0.1) is 0 Å². The molecule has 2 aromatic carbocycles. The third kappa shape index (κ3) is 4.74. The molecule has 1 aromatic heterocycles. The van der Waals surface area contributed by atoms with Gasteiger partial charge in [-0.25, -0.2) is 4.98 Å². The molecular formula is C26H27NO6. The third-order valence-corrected chi connectivity index (χ3v) is 5.42. The molecule has 0 spiro atoms. The Bertz CT molecular complexity index is 1160. The summed E-state index contributed by atoms with van der Waals surface area (Å²) in [6, 6.07) is 14.3. The minimum absolute atomic E-state index is 0.260. The smallest absolute Gasteiger partial charge is 0.184 e. The van der Waals surface area contributed by atoms with E-state index in [2.05, 4.69) is 4.98 Å². The Kier molecular flexibility index (Phi) is 7.32. The van der Waals surface area contributed by atoms with Crippen molar-refractivity contribution in [2.24, 2.45) is 0 Å². The summed E-state index contributed by atoms with van der Waals surface area (Å²) in [6.45, 7) is 6.67. The molecule has 1 aliphatic carbocycles. The molecule has 1 aliphatic rings. The third-order valence-electron chi connectivity index (χ3n) is 5.42. The molecule has 1 heterocycles. The molecule has 3 aromatic rings. The number of hydrogen-bond donors (Lipinski definition) is 0. The standard InChI is InChI=1S/C26H27NO6/c1-3-30-13-14-31-15-16-33-21-10-5-7-17-11-12-19(27-24(17)21)23-25(28)18-8-6-9-20(32-4-2)22(18)26(23)29/h5-12,23H,3-4,13-16H2,1-2H3. The molecule has 0 aliphatic heterocycles. The van der Waals surface area contributed by atoms with Crippen molar-refractivity contribution in [1.82, 2.24) is 4.98 Å². The molecule has 172 valence electrons. The highest BCUT2D eigenvalue weighted by Crippen LogP contribution is 2.39. The van der Waals surface area contributed by atoms with Crippen LogP contribution in [0.25, 0.3) is 10.9 Å². The average Bonchev–Trinajstić information content (AvgIpc) is 3.09. The molecule has 7 nitrogen and oxygen atoms in total. The number of nitrogens with zero attached hydrogens (tertiary/aromatic N) is 1. The zero-order valence-corrected chi connectivity index (χ0v) is 18.8. The van der Waals surface area contributed by atoms with E-state index in [0.717, 1.165) is 5.39 Å². The molecule has 1 unspecified atom stereocenters. The predicted octanol–water partition coefficient (Wildman–Crippen LogP) is 4.23. The number of rotatable bonds is 11. The number of para-hydroxylation sites is 1. The number of hydrogen-bond acceptors (Lipinski definition) is 7. The Balaban J connectivity index is 1.56. The molecule has 0 fully saturated rings. The number of carbonyl (C=O) groups excluding carboxylic acids is 2. The first-order valence-electron chi connectivity index (χ1n) is 11.2. The van der Waals surface area contributed by atoms with E-state index in [1.807, 2.05) is 38.1 Å². The maximum atomic E-state index is 13.2. The van der Waals surface area contributed by atoms with E-state index in [-0.39, 0.29) is 11.6 Å². The van der Waals surface area contributed by atoms with Crippen molar-refractivity contribution < 1.29 is 28.5 Å². The van der Waals surface area contributed by atoms with Crippen molar-refractivity contribution >= 4 is 22.5 Å². The molecule has 0 radical (unpaired) electrons. The second-order valence-electron chi connectivity index (χ2n) is 7.49. The Morgan fingerprint density at radius 1 is 0.758 bits per heavy atom. The largest absolute Gasteiger partial charge is 0.493 e. The molecule has 1 atom stereocenters. The van der Waals surface area contributed by atoms with E-state index in [0.29, 0.717) is 73.5 Å². The number of fused-ring (bicyclic) bond motifs is 2. The van der Waals surface area contributed by atoms with Gasteiger partial charge in [0.1, 0.15) is 29.5 Å². The van der Waals surface area contributed by atoms with Crippen LogP contribution in [0.5, 0.6) is 11.5 Å². The quantitative estimate of drug-likeness (QED) is 0.320. The molecule has 0 amide bonds. The minimum atomic E-state index is -0.985. The summed E-state index contributed by atoms with van der Waals surface area (Å²) in [4.78, 5) is 31.1. The van der Waals surface area contributed by atoms with Crippen LogP contribution in [0.3, 0.4) is 0 Å². The van der Waals surface area contributed by atoms with Crippen molar-refractivity contribution in [2.45, 2.75) is 19.8 Å². The topological polar surface area (TPSA) is 84.0 Å². The van der Waals surface area contributed by atoms with Gasteiger partial charge in [0, 0.05) is 17.6 Å². The number of ketones is 2. The van der Waals surface area contributed by atoms with Crippen molar-refractivity contribution in [3.8, 4) is 11.5 Å². The first kappa shape index (κ1) is 22.9. The zero-order valence-electron chi connectivity index (χ0n) is 18.8. The van der Waals surface area contributed by atoms with Gasteiger partial charge in [-0.2, -0.15) is 0 Å². The van der Waals surface area contributed by atoms with Crippen molar-refractivity contribution in [3.05, 3.63) is 65.4 Å². The first-order chi connectivity index (χ1) is 16.2. The highest BCUT2D eigenvalue weighted by atomic mass is 16.5. The van der Waals surface area contributed by atoms with E-state index < -0.39 is 5.92 Å². The fourth-order valence-corrected chi connectivity index (χ4v) is 3.94. The second-order valence-corrected chi connectivity index (χ2v) is 7.49. The normalized spacial score (nSPS) is 15.2. The van der Waals surface area contributed by atoms with Crippen LogP contribution in [-0.2, 0) is 9.47 Å². The summed E-state index contributed by atoms with van der Waals surface area (Å²) in [7, 11) is 0. The van der Waals surface area contributed by atoms with Gasteiger partial charge in [0.15, 0.2) is 11.6 Å². The summed E-state index contributed by atoms with van der Waals surface area (Å²) in [5.74, 6) is -0.518. The summed E-state index contributed by atoms with van der Waals surface area (Å²) >= 11 is 0. The van der Waals surface area contributed by atoms with Gasteiger partial charge in [0.25, 0.3) is 0 Å². The zero-order chi connectivity index (χ0) is 23.2. The van der Waals surface area contributed by atoms with Crippen LogP contribution in [0.1, 0.15) is 46.2 Å². The van der Waals surface area contributed by atoms with E-state index >= 15 is 0 Å². The molecule has 0 N–H and O–H groups in total. The Morgan fingerprint density at radius 3 is 2.33 bits per heavy atom. The monoisotopic (exact) mass is 449 g/mol. The number of pyridine rings is 1. The highest BCUT2D eigenvalue weighted by Gasteiger charge is 2.42. The molecular weight excluding hydrogens is 422 g/mol. The minimum Gasteiger partial charge on any atom is -0.493 e. The Labute approximate surface area is 192 Å². The van der Waals surface area contributed by atoms with Crippen LogP contribution in [0.15, 0.2) is 48.5 Å².